The molecule has 5 N–H and O–H groups in total. The molecule has 0 saturated heterocycles. The quantitative estimate of drug-likeness (QED) is 0.548. The summed E-state index contributed by atoms with van der Waals surface area (Å²) < 4.78 is 0. The van der Waals surface area contributed by atoms with Gasteiger partial charge in [0.15, 0.2) is 6.29 Å². The van der Waals surface area contributed by atoms with Crippen molar-refractivity contribution in [1.29, 1.82) is 0 Å². The van der Waals surface area contributed by atoms with Gasteiger partial charge in [0.25, 0.3) is 0 Å². The minimum Gasteiger partial charge on any atom is -0.507 e. The molecule has 0 aromatic heterocycles. The van der Waals surface area contributed by atoms with E-state index >= 15 is 0 Å². The number of aromatic carboxylic acids is 1. The highest BCUT2D eigenvalue weighted by atomic mass is 16.5. The van der Waals surface area contributed by atoms with Crippen LogP contribution in [0, 0.1) is 6.92 Å². The van der Waals surface area contributed by atoms with Crippen LogP contribution in [0.5, 0.6) is 11.5 Å². The number of hydrogen-bond acceptors (Lipinski definition) is 5. The van der Waals surface area contributed by atoms with Crippen molar-refractivity contribution in [1.82, 2.24) is 0 Å². The number of aliphatic hydroxyl groups excluding tert-OH is 1. The van der Waals surface area contributed by atoms with Gasteiger partial charge in [-0.05, 0) is 36.2 Å². The van der Waals surface area contributed by atoms with E-state index in [0.717, 1.165) is 5.56 Å². The molecule has 0 heterocycles. The number of carboxylic acids is 1. The van der Waals surface area contributed by atoms with Gasteiger partial charge < -0.3 is 25.5 Å². The maximum Gasteiger partial charge on any atom is 0.339 e. The lowest BCUT2D eigenvalue weighted by atomic mass is 9.97. The lowest BCUT2D eigenvalue weighted by Gasteiger charge is -2.13. The number of hydrogen-bond donors (Lipinski definition) is 5. The fourth-order valence-electron chi connectivity index (χ4n) is 2.30. The minimum atomic E-state index is -1.80. The zero-order valence-corrected chi connectivity index (χ0v) is 11.8. The maximum absolute atomic E-state index is 11.0. The highest BCUT2D eigenvalue weighted by molar-refractivity contribution is 5.90. The third-order valence-electron chi connectivity index (χ3n) is 3.33. The number of rotatable bonds is 4. The summed E-state index contributed by atoms with van der Waals surface area (Å²) in [7, 11) is 0. The number of carboxylic acid groups (broad SMARTS) is 1. The normalized spacial score (nSPS) is 10.9. The van der Waals surface area contributed by atoms with Crippen molar-refractivity contribution in [2.75, 3.05) is 0 Å². The summed E-state index contributed by atoms with van der Waals surface area (Å²) in [6.07, 6.45) is -1.61. The number of aromatic hydroxyl groups is 2. The van der Waals surface area contributed by atoms with Gasteiger partial charge >= 0.3 is 5.97 Å². The van der Waals surface area contributed by atoms with Crippen LogP contribution in [0.3, 0.4) is 0 Å². The summed E-state index contributed by atoms with van der Waals surface area (Å²) in [5.41, 5.74) is 1.49. The third-order valence-corrected chi connectivity index (χ3v) is 3.33. The van der Waals surface area contributed by atoms with E-state index in [1.165, 1.54) is 18.2 Å². The Morgan fingerprint density at radius 3 is 2.41 bits per heavy atom. The molecule has 0 spiro atoms. The molecule has 2 aromatic carbocycles. The second-order valence-corrected chi connectivity index (χ2v) is 5.07. The van der Waals surface area contributed by atoms with Crippen LogP contribution < -0.4 is 0 Å². The molecule has 2 aromatic rings. The molecule has 0 bridgehead atoms. The Labute approximate surface area is 126 Å². The number of phenols is 2. The molecule has 0 unspecified atom stereocenters. The van der Waals surface area contributed by atoms with Crippen LogP contribution in [0.4, 0.5) is 0 Å². The molecule has 0 radical (unpaired) electrons. The second kappa shape index (κ2) is 6.05. The van der Waals surface area contributed by atoms with Crippen molar-refractivity contribution in [3.8, 4) is 11.5 Å². The fraction of sp³-hybridized carbons (Fsp3) is 0.188. The fourth-order valence-corrected chi connectivity index (χ4v) is 2.30. The second-order valence-electron chi connectivity index (χ2n) is 5.07. The van der Waals surface area contributed by atoms with Crippen LogP contribution in [0.15, 0.2) is 30.3 Å². The molecular weight excluding hydrogens is 288 g/mol. The summed E-state index contributed by atoms with van der Waals surface area (Å²) in [6, 6.07) is 7.26. The van der Waals surface area contributed by atoms with Crippen molar-refractivity contribution in [3.05, 3.63) is 58.1 Å². The number of phenolic OH excluding ortho intramolecular Hbond substituents is 1. The molecule has 0 saturated carbocycles. The molecule has 6 heteroatoms. The number of carbonyl (C=O) groups is 1. The van der Waals surface area contributed by atoms with Gasteiger partial charge in [0.2, 0.25) is 0 Å². The molecule has 0 amide bonds. The standard InChI is InChI=1S/C16H16O6/c1-8-4-10(14(18)12(5-8)16(21)22)6-9-2-3-13(17)11(7-9)15(19)20/h2-5,7,16-18,21-22H,6H2,1H3,(H,19,20). The number of aliphatic hydroxyl groups is 2. The molecule has 6 nitrogen and oxygen atoms in total. The Bertz CT molecular complexity index is 721. The summed E-state index contributed by atoms with van der Waals surface area (Å²) in [6.45, 7) is 1.74. The van der Waals surface area contributed by atoms with Crippen molar-refractivity contribution in [3.63, 3.8) is 0 Å². The van der Waals surface area contributed by atoms with Gasteiger partial charge in [-0.3, -0.25) is 0 Å². The van der Waals surface area contributed by atoms with Crippen molar-refractivity contribution >= 4 is 5.97 Å². The van der Waals surface area contributed by atoms with Gasteiger partial charge in [-0.1, -0.05) is 17.7 Å². The molecule has 0 atom stereocenters. The van der Waals surface area contributed by atoms with Gasteiger partial charge in [-0.2, -0.15) is 0 Å². The third kappa shape index (κ3) is 3.19. The minimum absolute atomic E-state index is 0.00719. The Balaban J connectivity index is 2.43. The SMILES string of the molecule is Cc1cc(Cc2ccc(O)c(C(=O)O)c2)c(O)c(C(O)O)c1. The van der Waals surface area contributed by atoms with Crippen molar-refractivity contribution in [2.45, 2.75) is 19.6 Å². The van der Waals surface area contributed by atoms with Gasteiger partial charge in [-0.15, -0.1) is 0 Å². The average Bonchev–Trinajstić information content (AvgIpc) is 2.43. The molecule has 2 rings (SSSR count). The lowest BCUT2D eigenvalue weighted by molar-refractivity contribution is -0.0440. The van der Waals surface area contributed by atoms with Crippen LogP contribution >= 0.6 is 0 Å². The molecule has 0 aliphatic rings. The van der Waals surface area contributed by atoms with E-state index in [1.807, 2.05) is 0 Å². The smallest absolute Gasteiger partial charge is 0.339 e. The van der Waals surface area contributed by atoms with E-state index in [4.69, 9.17) is 5.11 Å². The highest BCUT2D eigenvalue weighted by Gasteiger charge is 2.16. The molecule has 0 fully saturated rings. The van der Waals surface area contributed by atoms with Crippen LogP contribution in [0.25, 0.3) is 0 Å². The topological polar surface area (TPSA) is 118 Å². The van der Waals surface area contributed by atoms with Crippen molar-refractivity contribution < 1.29 is 30.3 Å². The number of aryl methyl sites for hydroxylation is 1. The van der Waals surface area contributed by atoms with Crippen LogP contribution in [-0.2, 0) is 6.42 Å². The summed E-state index contributed by atoms with van der Waals surface area (Å²) >= 11 is 0. The molecule has 116 valence electrons. The zero-order valence-electron chi connectivity index (χ0n) is 11.8. The van der Waals surface area contributed by atoms with Crippen LogP contribution in [-0.4, -0.2) is 31.5 Å². The van der Waals surface area contributed by atoms with Gasteiger partial charge in [-0.25, -0.2) is 4.79 Å². The first-order valence-electron chi connectivity index (χ1n) is 6.53. The van der Waals surface area contributed by atoms with E-state index in [9.17, 15) is 25.2 Å². The Morgan fingerprint density at radius 2 is 1.82 bits per heavy atom. The first kappa shape index (κ1) is 15.8. The maximum atomic E-state index is 11.0. The molecule has 0 aliphatic carbocycles. The van der Waals surface area contributed by atoms with E-state index in [0.29, 0.717) is 11.1 Å². The average molecular weight is 304 g/mol. The first-order valence-corrected chi connectivity index (χ1v) is 6.53. The van der Waals surface area contributed by atoms with Crippen LogP contribution in [0.2, 0.25) is 0 Å². The summed E-state index contributed by atoms with van der Waals surface area (Å²) in [4.78, 5) is 11.0. The largest absolute Gasteiger partial charge is 0.507 e. The van der Waals surface area contributed by atoms with E-state index in [-0.39, 0.29) is 29.0 Å². The van der Waals surface area contributed by atoms with Gasteiger partial charge in [0.05, 0.1) is 0 Å². The van der Waals surface area contributed by atoms with E-state index in [1.54, 1.807) is 19.1 Å². The van der Waals surface area contributed by atoms with E-state index < -0.39 is 12.3 Å². The summed E-state index contributed by atoms with van der Waals surface area (Å²) in [5, 5.41) is 47.1. The monoisotopic (exact) mass is 304 g/mol. The number of benzene rings is 2. The zero-order chi connectivity index (χ0) is 16.4. The Hall–Kier alpha value is -2.57. The highest BCUT2D eigenvalue weighted by Crippen LogP contribution is 2.31. The first-order chi connectivity index (χ1) is 10.3. The van der Waals surface area contributed by atoms with Crippen molar-refractivity contribution in [2.24, 2.45) is 0 Å². The Morgan fingerprint density at radius 1 is 1.14 bits per heavy atom. The lowest BCUT2D eigenvalue weighted by Crippen LogP contribution is -2.01. The molecule has 22 heavy (non-hydrogen) atoms. The molecular formula is C16H16O6. The van der Waals surface area contributed by atoms with Gasteiger partial charge in [0, 0.05) is 12.0 Å². The van der Waals surface area contributed by atoms with Gasteiger partial charge in [0.1, 0.15) is 17.1 Å². The molecule has 0 aliphatic heterocycles. The summed E-state index contributed by atoms with van der Waals surface area (Å²) in [5.74, 6) is -1.83. The van der Waals surface area contributed by atoms with E-state index in [2.05, 4.69) is 0 Å². The van der Waals surface area contributed by atoms with Crippen LogP contribution in [0.1, 0.15) is 38.9 Å². The predicted molar refractivity (Wildman–Crippen MR) is 77.9 cm³/mol. The predicted octanol–water partition coefficient (Wildman–Crippen LogP) is 1.68. The Kier molecular flexibility index (Phi) is 4.35.